The molecule has 1 aromatic rings. The first kappa shape index (κ1) is 35.9. The normalized spacial score (nSPS) is 30.2. The summed E-state index contributed by atoms with van der Waals surface area (Å²) in [6, 6.07) is 9.41. The fourth-order valence-corrected chi connectivity index (χ4v) is 13.3. The van der Waals surface area contributed by atoms with E-state index < -0.39 is 0 Å². The van der Waals surface area contributed by atoms with Gasteiger partial charge in [0.05, 0.1) is 5.70 Å². The summed E-state index contributed by atoms with van der Waals surface area (Å²) in [7, 11) is 0. The average Bonchev–Trinajstić information content (AvgIpc) is 3.93. The molecular weight excluding hydrogens is 737 g/mol. The van der Waals surface area contributed by atoms with E-state index in [1.807, 2.05) is 0 Å². The summed E-state index contributed by atoms with van der Waals surface area (Å²) in [6.07, 6.45) is 62.3. The molecule has 13 rings (SSSR count). The molecule has 0 amide bonds. The van der Waals surface area contributed by atoms with Gasteiger partial charge in [0.2, 0.25) is 0 Å². The Balaban J connectivity index is 0.813. The van der Waals surface area contributed by atoms with Crippen LogP contribution in [0.4, 0.5) is 0 Å². The lowest BCUT2D eigenvalue weighted by atomic mass is 9.69. The Morgan fingerprint density at radius 2 is 1.11 bits per heavy atom. The van der Waals surface area contributed by atoms with E-state index in [-0.39, 0.29) is 6.17 Å². The highest BCUT2D eigenvalue weighted by atomic mass is 15.3. The molecule has 12 aliphatic rings. The molecule has 5 atom stereocenters. The van der Waals surface area contributed by atoms with Crippen molar-refractivity contribution in [3.8, 4) is 0 Å². The van der Waals surface area contributed by atoms with Gasteiger partial charge in [-0.2, -0.15) is 0 Å². The van der Waals surface area contributed by atoms with Crippen molar-refractivity contribution in [3.05, 3.63) is 235 Å². The van der Waals surface area contributed by atoms with Gasteiger partial charge in [0.1, 0.15) is 6.17 Å². The molecule has 0 aromatic heterocycles. The van der Waals surface area contributed by atoms with Gasteiger partial charge in [-0.05, 0) is 160 Å². The molecule has 0 saturated heterocycles. The van der Waals surface area contributed by atoms with Crippen LogP contribution in [-0.2, 0) is 0 Å². The third kappa shape index (κ3) is 5.60. The molecule has 2 nitrogen and oxygen atoms in total. The van der Waals surface area contributed by atoms with Crippen LogP contribution in [0.25, 0.3) is 11.1 Å². The lowest BCUT2D eigenvalue weighted by molar-refractivity contribution is 0.376. The predicted octanol–water partition coefficient (Wildman–Crippen LogP) is 12.0. The van der Waals surface area contributed by atoms with Crippen molar-refractivity contribution in [2.75, 3.05) is 0 Å². The van der Waals surface area contributed by atoms with Crippen LogP contribution < -0.4 is 15.8 Å². The predicted molar refractivity (Wildman–Crippen MR) is 251 cm³/mol. The fraction of sp³-hybridized carbons (Fsp3) is 0.288. The molecule has 300 valence electrons. The monoisotopic (exact) mass is 790 g/mol. The number of benzene rings is 1. The van der Waals surface area contributed by atoms with Gasteiger partial charge in [0, 0.05) is 35.6 Å². The highest BCUT2D eigenvalue weighted by Gasteiger charge is 2.52. The maximum Gasteiger partial charge on any atom is 0.130 e. The molecule has 2 heteroatoms. The van der Waals surface area contributed by atoms with E-state index in [0.717, 1.165) is 64.2 Å². The van der Waals surface area contributed by atoms with Crippen LogP contribution in [-0.4, -0.2) is 11.1 Å². The van der Waals surface area contributed by atoms with Gasteiger partial charge in [0.25, 0.3) is 0 Å². The molecule has 0 bridgehead atoms. The first-order chi connectivity index (χ1) is 30.3. The Morgan fingerprint density at radius 1 is 0.492 bits per heavy atom. The average molecular weight is 791 g/mol. The minimum absolute atomic E-state index is 0.216. The van der Waals surface area contributed by atoms with Crippen molar-refractivity contribution in [3.63, 3.8) is 0 Å². The number of rotatable bonds is 5. The van der Waals surface area contributed by atoms with Gasteiger partial charge in [-0.1, -0.05) is 145 Å². The van der Waals surface area contributed by atoms with E-state index in [9.17, 15) is 0 Å². The van der Waals surface area contributed by atoms with Crippen LogP contribution in [0.5, 0.6) is 0 Å². The Labute approximate surface area is 361 Å². The fourth-order valence-electron chi connectivity index (χ4n) is 13.3. The summed E-state index contributed by atoms with van der Waals surface area (Å²) in [5, 5.41) is 6.91. The molecule has 0 spiro atoms. The van der Waals surface area contributed by atoms with Gasteiger partial charge in [-0.25, -0.2) is 0 Å². The standard InChI is InChI=1S/C59H54N2/c1-3-14-41(15-4-1)54-47-20-8-9-21-48(47)55(42-16-5-2-6-17-42)58-51-35-34-43(46-23-13-24-50(56(46)51)57(54)58)39-30-26-37(27-31-39)38-28-32-40(33-29-38)52-36-61-53-25-12-11-19-45(53)44-18-7-10-22-49(44)59(61)60-52/h1-3,5,8-10,12-14,16,20-26,28,30,32,34-36,46,56-60H,4,6-7,11,15,17-19,27,29,31,33H2. The third-order valence-electron chi connectivity index (χ3n) is 16.0. The number of nitrogens with one attached hydrogen (secondary N) is 1. The summed E-state index contributed by atoms with van der Waals surface area (Å²) in [6.45, 7) is 0. The van der Waals surface area contributed by atoms with Crippen LogP contribution in [0.15, 0.2) is 224 Å². The van der Waals surface area contributed by atoms with Crippen molar-refractivity contribution in [1.29, 1.82) is 0 Å². The highest BCUT2D eigenvalue weighted by molar-refractivity contribution is 5.85. The van der Waals surface area contributed by atoms with E-state index in [1.165, 1.54) is 68.1 Å². The molecule has 61 heavy (non-hydrogen) atoms. The van der Waals surface area contributed by atoms with E-state index in [1.54, 1.807) is 44.6 Å². The quantitative estimate of drug-likeness (QED) is 0.320. The molecule has 1 N–H and O–H groups in total. The van der Waals surface area contributed by atoms with Gasteiger partial charge >= 0.3 is 0 Å². The number of allylic oxidation sites excluding steroid dienone is 29. The van der Waals surface area contributed by atoms with E-state index >= 15 is 0 Å². The largest absolute Gasteiger partial charge is 0.360 e. The van der Waals surface area contributed by atoms with E-state index in [0.29, 0.717) is 23.7 Å². The van der Waals surface area contributed by atoms with Gasteiger partial charge in [0.15, 0.2) is 0 Å². The Bertz CT molecular complexity index is 2890. The van der Waals surface area contributed by atoms with E-state index in [2.05, 4.69) is 156 Å². The van der Waals surface area contributed by atoms with Gasteiger partial charge < -0.3 is 10.2 Å². The summed E-state index contributed by atoms with van der Waals surface area (Å²) < 4.78 is 0. The minimum Gasteiger partial charge on any atom is -0.360 e. The van der Waals surface area contributed by atoms with Crippen molar-refractivity contribution in [2.24, 2.45) is 23.7 Å². The van der Waals surface area contributed by atoms with Crippen LogP contribution in [0.1, 0.15) is 77.0 Å². The lowest BCUT2D eigenvalue weighted by Crippen LogP contribution is -2.41. The Hall–Kier alpha value is -5.86. The zero-order valence-electron chi connectivity index (χ0n) is 35.2. The van der Waals surface area contributed by atoms with Crippen LogP contribution >= 0.6 is 0 Å². The first-order valence-electron chi connectivity index (χ1n) is 23.5. The highest BCUT2D eigenvalue weighted by Crippen LogP contribution is 2.62. The first-order valence-corrected chi connectivity index (χ1v) is 23.5. The lowest BCUT2D eigenvalue weighted by Gasteiger charge is -2.38. The van der Waals surface area contributed by atoms with Crippen LogP contribution in [0, 0.1) is 23.7 Å². The molecule has 0 radical (unpaired) electrons. The van der Waals surface area contributed by atoms with Crippen molar-refractivity contribution in [1.82, 2.24) is 10.2 Å². The second-order valence-electron chi connectivity index (χ2n) is 18.9. The molecule has 2 heterocycles. The van der Waals surface area contributed by atoms with Gasteiger partial charge in [-0.15, -0.1) is 0 Å². The molecule has 1 saturated carbocycles. The molecule has 1 aromatic carbocycles. The van der Waals surface area contributed by atoms with E-state index in [4.69, 9.17) is 0 Å². The minimum atomic E-state index is 0.216. The zero-order chi connectivity index (χ0) is 40.0. The summed E-state index contributed by atoms with van der Waals surface area (Å²) >= 11 is 0. The maximum atomic E-state index is 3.98. The molecular formula is C59H54N2. The topological polar surface area (TPSA) is 15.3 Å². The second-order valence-corrected chi connectivity index (χ2v) is 18.9. The van der Waals surface area contributed by atoms with Crippen molar-refractivity contribution >= 4 is 11.1 Å². The number of hydrogen-bond acceptors (Lipinski definition) is 2. The SMILES string of the molecule is C1=CCCC(C2=c3ccccc3=C(C3=CC=CCC3)C3C4=CC=C(C5=CC=C(C6=CC=C(C7=CN8C9=C(CCC=C9)C9=C(C=CCC9)C8N7)CC6)CC5)C5C=CC=C(C45)C23)=C1. The van der Waals surface area contributed by atoms with Crippen LogP contribution in [0.3, 0.4) is 0 Å². The molecule has 2 aliphatic heterocycles. The Morgan fingerprint density at radius 3 is 1.79 bits per heavy atom. The third-order valence-corrected chi connectivity index (χ3v) is 16.0. The molecule has 1 fully saturated rings. The summed E-state index contributed by atoms with van der Waals surface area (Å²) in [5.74, 6) is 1.56. The smallest absolute Gasteiger partial charge is 0.130 e. The Kier molecular flexibility index (Phi) is 8.45. The van der Waals surface area contributed by atoms with Crippen LogP contribution in [0.2, 0.25) is 0 Å². The second kappa shape index (κ2) is 14.4. The number of fused-ring (bicyclic) bond motifs is 8. The molecule has 10 aliphatic carbocycles. The summed E-state index contributed by atoms with van der Waals surface area (Å²) in [5.41, 5.74) is 24.5. The number of nitrogens with zero attached hydrogens (tertiary/aromatic N) is 1. The van der Waals surface area contributed by atoms with Crippen molar-refractivity contribution < 1.29 is 0 Å². The van der Waals surface area contributed by atoms with Crippen molar-refractivity contribution in [2.45, 2.75) is 83.2 Å². The maximum absolute atomic E-state index is 3.98. The molecule has 5 unspecified atom stereocenters. The zero-order valence-corrected chi connectivity index (χ0v) is 35.2. The van der Waals surface area contributed by atoms with Gasteiger partial charge in [-0.3, -0.25) is 0 Å². The number of hydrogen-bond donors (Lipinski definition) is 1. The summed E-state index contributed by atoms with van der Waals surface area (Å²) in [4.78, 5) is 2.52.